The monoisotopic (exact) mass is 851 g/mol. The van der Waals surface area contributed by atoms with E-state index >= 15 is 0 Å². The molecular weight excluding hydrogens is 801 g/mol. The van der Waals surface area contributed by atoms with Crippen molar-refractivity contribution in [3.63, 3.8) is 0 Å². The Labute approximate surface area is 337 Å². The number of ether oxygens (including phenoxy) is 1. The Bertz CT molecular complexity index is 2370. The first-order chi connectivity index (χ1) is 26.6. The second kappa shape index (κ2) is 16.4. The lowest BCUT2D eigenvalue weighted by Gasteiger charge is -2.29. The van der Waals surface area contributed by atoms with Gasteiger partial charge in [0.05, 0.1) is 13.0 Å². The molecule has 0 saturated carbocycles. The third-order valence-electron chi connectivity index (χ3n) is 10.2. The Balaban J connectivity index is 0.000000257. The molecule has 0 unspecified atom stereocenters. The Kier molecular flexibility index (Phi) is 13.0. The molecule has 318 valence electrons. The van der Waals surface area contributed by atoms with Crippen molar-refractivity contribution in [3.8, 4) is 0 Å². The number of carbonyl (C=O) groups excluding carboxylic acids is 2. The Morgan fingerprint density at radius 2 is 1.22 bits per heavy atom. The van der Waals surface area contributed by atoms with E-state index in [0.717, 1.165) is 8.61 Å². The Morgan fingerprint density at radius 1 is 0.793 bits per heavy atom. The molecule has 6 N–H and O–H groups in total. The summed E-state index contributed by atoms with van der Waals surface area (Å²) in [4.78, 5) is 33.1. The zero-order valence-electron chi connectivity index (χ0n) is 34.1. The number of carbonyl (C=O) groups is 2. The molecule has 0 bridgehead atoms. The third-order valence-corrected chi connectivity index (χ3v) is 15.1. The molecule has 58 heavy (non-hydrogen) atoms. The largest absolute Gasteiger partial charge is 0.386 e. The van der Waals surface area contributed by atoms with Gasteiger partial charge in [-0.15, -0.1) is 0 Å². The molecule has 2 aliphatic rings. The molecule has 0 fully saturated rings. The minimum Gasteiger partial charge on any atom is -0.386 e. The second-order valence-electron chi connectivity index (χ2n) is 15.5. The summed E-state index contributed by atoms with van der Waals surface area (Å²) in [5.41, 5.74) is 10.5. The van der Waals surface area contributed by atoms with Crippen molar-refractivity contribution in [2.75, 3.05) is 51.5 Å². The van der Waals surface area contributed by atoms with Crippen molar-refractivity contribution in [1.29, 1.82) is 0 Å². The van der Waals surface area contributed by atoms with Gasteiger partial charge in [-0.25, -0.2) is 34.2 Å². The smallest absolute Gasteiger partial charge is 0.277 e. The number of amidine groups is 2. The van der Waals surface area contributed by atoms with Gasteiger partial charge in [-0.1, -0.05) is 5.16 Å². The van der Waals surface area contributed by atoms with Crippen molar-refractivity contribution >= 4 is 54.9 Å². The molecule has 2 atom stereocenters. The number of benzene rings is 2. The molecule has 3 aromatic rings. The summed E-state index contributed by atoms with van der Waals surface area (Å²) < 4.78 is 89.9. The van der Waals surface area contributed by atoms with E-state index in [1.54, 1.807) is 20.8 Å². The number of anilines is 2. The number of likely N-dealkylation sites (N-methyl/N-ethyl adjacent to an activating group) is 2. The first-order valence-corrected chi connectivity index (χ1v) is 20.8. The van der Waals surface area contributed by atoms with Crippen molar-refractivity contribution in [2.24, 2.45) is 21.5 Å². The number of nitrogens with two attached hydrogens (primary N) is 2. The highest BCUT2D eigenvalue weighted by Gasteiger charge is 2.49. The van der Waals surface area contributed by atoms with E-state index in [1.165, 1.54) is 91.4 Å². The molecule has 21 heteroatoms. The molecule has 2 amide bonds. The van der Waals surface area contributed by atoms with E-state index in [-0.39, 0.29) is 60.5 Å². The number of nitrogens with zero attached hydrogens (tertiary/aromatic N) is 5. The molecule has 5 rings (SSSR count). The average molecular weight is 852 g/mol. The van der Waals surface area contributed by atoms with Crippen LogP contribution in [0.5, 0.6) is 0 Å². The first-order valence-electron chi connectivity index (χ1n) is 17.9. The quantitative estimate of drug-likeness (QED) is 0.256. The van der Waals surface area contributed by atoms with Gasteiger partial charge in [0.1, 0.15) is 49.6 Å². The van der Waals surface area contributed by atoms with Gasteiger partial charge in [-0.3, -0.25) is 19.6 Å². The van der Waals surface area contributed by atoms with Gasteiger partial charge in [0.15, 0.2) is 5.69 Å². The number of rotatable bonds is 8. The highest BCUT2D eigenvalue weighted by molar-refractivity contribution is 7.91. The standard InChI is InChI=1S/C19H24FN5O4S.C18H27FN4O4S/c1-11-8-15(24-29-11)16(26)22-12-6-7-14(20)13(9-12)19(4)10-25(5)30(27,28)18(2,3)17(21)23-19;1-17(2)16(20)22-18(3,11-23(4)28(17,25)26)13-10-12(6-7-14(13)19)21-15(24)8-9-27-5/h6-9H,10H2,1-5H3,(H2,21,23)(H,22,26);6-7,10H,8-9,11H2,1-5H3,(H2,20,22)(H,21,24)/t19-;18-/m00/s1. The number of aromatic nitrogens is 1. The number of sulfonamides is 2. The fraction of sp³-hybridized carbons (Fsp3) is 0.486. The summed E-state index contributed by atoms with van der Waals surface area (Å²) in [7, 11) is -3.29. The van der Waals surface area contributed by atoms with Gasteiger partial charge in [0.2, 0.25) is 26.0 Å². The summed E-state index contributed by atoms with van der Waals surface area (Å²) >= 11 is 0. The van der Waals surface area contributed by atoms with Crippen LogP contribution in [0.1, 0.15) is 75.3 Å². The third kappa shape index (κ3) is 8.92. The number of nitrogens with one attached hydrogen (secondary N) is 2. The summed E-state index contributed by atoms with van der Waals surface area (Å²) in [6.45, 7) is 10.7. The maximum absolute atomic E-state index is 14.8. The number of aryl methyl sites for hydroxylation is 1. The molecule has 0 aliphatic carbocycles. The maximum Gasteiger partial charge on any atom is 0.277 e. The van der Waals surface area contributed by atoms with E-state index < -0.39 is 58.2 Å². The van der Waals surface area contributed by atoms with Gasteiger partial charge in [-0.2, -0.15) is 0 Å². The summed E-state index contributed by atoms with van der Waals surface area (Å²) in [5.74, 6) is -1.74. The number of halogens is 2. The van der Waals surface area contributed by atoms with Crippen molar-refractivity contribution < 1.29 is 44.5 Å². The first kappa shape index (κ1) is 45.9. The molecule has 0 spiro atoms. The predicted octanol–water partition coefficient (Wildman–Crippen LogP) is 3.43. The van der Waals surface area contributed by atoms with Crippen LogP contribution in [0.2, 0.25) is 0 Å². The van der Waals surface area contributed by atoms with Crippen LogP contribution in [-0.2, 0) is 40.7 Å². The lowest BCUT2D eigenvalue weighted by atomic mass is 9.91. The van der Waals surface area contributed by atoms with Crippen molar-refractivity contribution in [3.05, 3.63) is 76.7 Å². The van der Waals surface area contributed by atoms with Gasteiger partial charge in [-0.05, 0) is 84.9 Å². The molecule has 2 aromatic carbocycles. The Morgan fingerprint density at radius 3 is 1.62 bits per heavy atom. The minimum atomic E-state index is -3.81. The predicted molar refractivity (Wildman–Crippen MR) is 216 cm³/mol. The van der Waals surface area contributed by atoms with Gasteiger partial charge in [0, 0.05) is 62.9 Å². The topological polar surface area (TPSA) is 245 Å². The van der Waals surface area contributed by atoms with Crippen LogP contribution in [0.4, 0.5) is 20.2 Å². The van der Waals surface area contributed by atoms with Gasteiger partial charge >= 0.3 is 0 Å². The van der Waals surface area contributed by atoms with E-state index in [4.69, 9.17) is 20.7 Å². The minimum absolute atomic E-state index is 0.0777. The van der Waals surface area contributed by atoms with E-state index in [2.05, 4.69) is 25.8 Å². The van der Waals surface area contributed by atoms with Crippen molar-refractivity contribution in [1.82, 2.24) is 13.8 Å². The normalized spacial score (nSPS) is 23.9. The van der Waals surface area contributed by atoms with Gasteiger partial charge < -0.3 is 31.4 Å². The second-order valence-corrected chi connectivity index (χ2v) is 20.7. The number of hydrogen-bond donors (Lipinski definition) is 4. The molecule has 2 aliphatic heterocycles. The van der Waals surface area contributed by atoms with Crippen LogP contribution in [0.25, 0.3) is 0 Å². The average Bonchev–Trinajstić information content (AvgIpc) is 3.55. The zero-order chi connectivity index (χ0) is 43.8. The molecular formula is C37H51F2N9O8S2. The molecule has 3 heterocycles. The highest BCUT2D eigenvalue weighted by atomic mass is 32.2. The summed E-state index contributed by atoms with van der Waals surface area (Å²) in [6.07, 6.45) is 0.154. The SMILES string of the molecule is COCCC(=O)Nc1ccc(F)c([C@]2(C)CN(C)S(=O)(=O)C(C)(C)C(N)=N2)c1.Cc1cc(C(=O)Nc2ccc(F)c([C@]3(C)CN(C)S(=O)(=O)C(C)(C)C(N)=N3)c2)no1. The van der Waals surface area contributed by atoms with Crippen LogP contribution in [0, 0.1) is 18.6 Å². The van der Waals surface area contributed by atoms with Crippen LogP contribution in [-0.4, -0.2) is 104 Å². The number of hydrogen-bond acceptors (Lipinski definition) is 13. The maximum atomic E-state index is 14.8. The van der Waals surface area contributed by atoms with Gasteiger partial charge in [0.25, 0.3) is 5.91 Å². The van der Waals surface area contributed by atoms with Crippen molar-refractivity contribution in [2.45, 2.75) is 75.5 Å². The molecule has 1 aromatic heterocycles. The molecule has 0 radical (unpaired) electrons. The highest BCUT2D eigenvalue weighted by Crippen LogP contribution is 2.38. The lowest BCUT2D eigenvalue weighted by Crippen LogP contribution is -2.50. The summed E-state index contributed by atoms with van der Waals surface area (Å²) in [6, 6.07) is 9.55. The molecule has 17 nitrogen and oxygen atoms in total. The Hall–Kier alpha value is -4.83. The van der Waals surface area contributed by atoms with E-state index in [0.29, 0.717) is 17.1 Å². The molecule has 0 saturated heterocycles. The van der Waals surface area contributed by atoms with Crippen LogP contribution >= 0.6 is 0 Å². The van der Waals surface area contributed by atoms with Crippen LogP contribution in [0.3, 0.4) is 0 Å². The lowest BCUT2D eigenvalue weighted by molar-refractivity contribution is -0.117. The number of amides is 2. The fourth-order valence-electron chi connectivity index (χ4n) is 6.36. The number of methoxy groups -OCH3 is 1. The fourth-order valence-corrected chi connectivity index (χ4v) is 9.38. The van der Waals surface area contributed by atoms with Crippen LogP contribution < -0.4 is 22.1 Å². The van der Waals surface area contributed by atoms with E-state index in [1.807, 2.05) is 0 Å². The zero-order valence-corrected chi connectivity index (χ0v) is 35.7. The van der Waals surface area contributed by atoms with Crippen LogP contribution in [0.15, 0.2) is 57.0 Å². The summed E-state index contributed by atoms with van der Waals surface area (Å²) in [5, 5.41) is 8.95. The number of aliphatic imine (C=N–C) groups is 2. The van der Waals surface area contributed by atoms with E-state index in [9.17, 15) is 35.2 Å².